The Morgan fingerprint density at radius 3 is 2.62 bits per heavy atom. The van der Waals surface area contributed by atoms with Gasteiger partial charge in [-0.1, -0.05) is 11.2 Å². The van der Waals surface area contributed by atoms with Gasteiger partial charge in [-0.2, -0.15) is 4.98 Å². The molecule has 0 fully saturated rings. The predicted molar refractivity (Wildman–Crippen MR) is 72.5 cm³/mol. The lowest BCUT2D eigenvalue weighted by atomic mass is 10.3. The summed E-state index contributed by atoms with van der Waals surface area (Å²) in [5.74, 6) is 0.228. The van der Waals surface area contributed by atoms with Gasteiger partial charge in [0, 0.05) is 7.05 Å². The van der Waals surface area contributed by atoms with Gasteiger partial charge in [0.15, 0.2) is 10.7 Å². The van der Waals surface area contributed by atoms with Crippen LogP contribution in [0, 0.1) is 17.0 Å². The van der Waals surface area contributed by atoms with Gasteiger partial charge in [-0.15, -0.1) is 0 Å². The summed E-state index contributed by atoms with van der Waals surface area (Å²) in [4.78, 5) is 13.5. The van der Waals surface area contributed by atoms with Crippen LogP contribution in [0.4, 0.5) is 17.4 Å². The molecule has 0 saturated heterocycles. The molecule has 11 heteroatoms. The van der Waals surface area contributed by atoms with E-state index in [1.165, 1.54) is 26.1 Å². The van der Waals surface area contributed by atoms with Crippen LogP contribution in [0.5, 0.6) is 0 Å². The number of hydrogen-bond donors (Lipinski definition) is 2. The molecule has 1 aromatic heterocycles. The summed E-state index contributed by atoms with van der Waals surface area (Å²) in [5.41, 5.74) is -0.492. The second-order valence-electron chi connectivity index (χ2n) is 3.91. The molecule has 0 radical (unpaired) electrons. The molecule has 10 nitrogen and oxygen atoms in total. The van der Waals surface area contributed by atoms with Gasteiger partial charge in [-0.05, 0) is 19.1 Å². The summed E-state index contributed by atoms with van der Waals surface area (Å²) >= 11 is 0. The van der Waals surface area contributed by atoms with Crippen molar-refractivity contribution in [1.29, 1.82) is 0 Å². The highest BCUT2D eigenvalue weighted by molar-refractivity contribution is 7.92. The molecule has 0 saturated carbocycles. The fourth-order valence-corrected chi connectivity index (χ4v) is 2.76. The number of rotatable bonds is 5. The van der Waals surface area contributed by atoms with Gasteiger partial charge in [-0.3, -0.25) is 10.1 Å². The number of para-hydroxylation sites is 1. The molecule has 0 aliphatic carbocycles. The Morgan fingerprint density at radius 2 is 2.10 bits per heavy atom. The summed E-state index contributed by atoms with van der Waals surface area (Å²) in [6.45, 7) is 1.51. The lowest BCUT2D eigenvalue weighted by Crippen LogP contribution is -2.15. The molecule has 0 bridgehead atoms. The fraction of sp³-hybridized carbons (Fsp3) is 0.200. The summed E-state index contributed by atoms with van der Waals surface area (Å²) in [6.07, 6.45) is 0. The fourth-order valence-electron chi connectivity index (χ4n) is 1.64. The van der Waals surface area contributed by atoms with E-state index in [9.17, 15) is 18.5 Å². The second kappa shape index (κ2) is 5.36. The molecule has 2 aromatic rings. The minimum atomic E-state index is -4.24. The zero-order valence-electron chi connectivity index (χ0n) is 11.0. The average Bonchev–Trinajstić information content (AvgIpc) is 2.82. The molecular weight excluding hydrogens is 302 g/mol. The third-order valence-electron chi connectivity index (χ3n) is 2.49. The van der Waals surface area contributed by atoms with Gasteiger partial charge in [0.1, 0.15) is 5.69 Å². The third-order valence-corrected chi connectivity index (χ3v) is 3.84. The number of nitrogens with one attached hydrogen (secondary N) is 2. The standard InChI is InChI=1S/C10H11N5O5S/c1-6-12-10(20-13-6)14-21(18,19)8-5-3-4-7(11-2)9(8)15(16)17/h3-5,11H,1-2H3,(H,12,13,14). The number of anilines is 2. The van der Waals surface area contributed by atoms with E-state index in [0.717, 1.165) is 6.07 Å². The molecule has 21 heavy (non-hydrogen) atoms. The zero-order chi connectivity index (χ0) is 15.6. The van der Waals surface area contributed by atoms with E-state index >= 15 is 0 Å². The molecule has 0 atom stereocenters. The Balaban J connectivity index is 2.52. The molecule has 0 unspecified atom stereocenters. The quantitative estimate of drug-likeness (QED) is 0.618. The highest BCUT2D eigenvalue weighted by Crippen LogP contribution is 2.32. The molecule has 2 rings (SSSR count). The first-order chi connectivity index (χ1) is 9.85. The van der Waals surface area contributed by atoms with E-state index < -0.39 is 25.5 Å². The van der Waals surface area contributed by atoms with Gasteiger partial charge >= 0.3 is 11.7 Å². The number of nitrogens with zero attached hydrogens (tertiary/aromatic N) is 3. The maximum atomic E-state index is 12.2. The van der Waals surface area contributed by atoms with Crippen molar-refractivity contribution in [1.82, 2.24) is 10.1 Å². The normalized spacial score (nSPS) is 11.1. The van der Waals surface area contributed by atoms with Gasteiger partial charge in [-0.25, -0.2) is 13.1 Å². The molecule has 1 heterocycles. The lowest BCUT2D eigenvalue weighted by molar-refractivity contribution is -0.386. The maximum Gasteiger partial charge on any atom is 0.335 e. The van der Waals surface area contributed by atoms with E-state index in [-0.39, 0.29) is 17.5 Å². The average molecular weight is 313 g/mol. The van der Waals surface area contributed by atoms with Crippen molar-refractivity contribution < 1.29 is 17.9 Å². The highest BCUT2D eigenvalue weighted by atomic mass is 32.2. The summed E-state index contributed by atoms with van der Waals surface area (Å²) in [7, 11) is -2.78. The largest absolute Gasteiger partial charge is 0.383 e. The first-order valence-electron chi connectivity index (χ1n) is 5.63. The Kier molecular flexibility index (Phi) is 3.76. The van der Waals surface area contributed by atoms with Gasteiger partial charge < -0.3 is 9.84 Å². The molecular formula is C10H11N5O5S. The van der Waals surface area contributed by atoms with Crippen LogP contribution in [0.2, 0.25) is 0 Å². The molecule has 2 N–H and O–H groups in total. The van der Waals surface area contributed by atoms with Crippen molar-refractivity contribution in [3.05, 3.63) is 34.1 Å². The van der Waals surface area contributed by atoms with Crippen LogP contribution in [0.3, 0.4) is 0 Å². The number of aryl methyl sites for hydroxylation is 1. The van der Waals surface area contributed by atoms with Crippen molar-refractivity contribution in [3.8, 4) is 0 Å². The molecule has 0 aliphatic heterocycles. The number of benzene rings is 1. The number of nitro groups is 1. The molecule has 0 spiro atoms. The van der Waals surface area contributed by atoms with Gasteiger partial charge in [0.25, 0.3) is 10.0 Å². The molecule has 0 aliphatic rings. The third kappa shape index (κ3) is 2.91. The predicted octanol–water partition coefficient (Wildman–Crippen LogP) is 1.13. The second-order valence-corrected chi connectivity index (χ2v) is 5.56. The lowest BCUT2D eigenvalue weighted by Gasteiger charge is -2.08. The maximum absolute atomic E-state index is 12.2. The van der Waals surface area contributed by atoms with Crippen molar-refractivity contribution >= 4 is 27.4 Å². The molecule has 112 valence electrons. The van der Waals surface area contributed by atoms with Crippen molar-refractivity contribution in [2.75, 3.05) is 17.1 Å². The van der Waals surface area contributed by atoms with Crippen LogP contribution >= 0.6 is 0 Å². The summed E-state index contributed by atoms with van der Waals surface area (Å²) < 4.78 is 31.1. The number of aromatic nitrogens is 2. The SMILES string of the molecule is CNc1cccc(S(=O)(=O)Nc2nc(C)no2)c1[N+](=O)[O-]. The Hall–Kier alpha value is -2.69. The Morgan fingerprint density at radius 1 is 1.38 bits per heavy atom. The van der Waals surface area contributed by atoms with Crippen LogP contribution < -0.4 is 10.0 Å². The van der Waals surface area contributed by atoms with Gasteiger partial charge in [0.2, 0.25) is 0 Å². The molecule has 1 aromatic carbocycles. The van der Waals surface area contributed by atoms with Crippen LogP contribution in [0.15, 0.2) is 27.6 Å². The van der Waals surface area contributed by atoms with Crippen molar-refractivity contribution in [2.45, 2.75) is 11.8 Å². The van der Waals surface area contributed by atoms with Crippen LogP contribution in [0.25, 0.3) is 0 Å². The Labute approximate surface area is 119 Å². The van der Waals surface area contributed by atoms with Crippen molar-refractivity contribution in [2.24, 2.45) is 0 Å². The molecule has 0 amide bonds. The summed E-state index contributed by atoms with van der Waals surface area (Å²) in [6, 6.07) is 3.53. The van der Waals surface area contributed by atoms with Crippen LogP contribution in [0.1, 0.15) is 5.82 Å². The minimum absolute atomic E-state index is 0.0737. The van der Waals surface area contributed by atoms with Crippen LogP contribution in [-0.2, 0) is 10.0 Å². The highest BCUT2D eigenvalue weighted by Gasteiger charge is 2.30. The monoisotopic (exact) mass is 313 g/mol. The summed E-state index contributed by atoms with van der Waals surface area (Å²) in [5, 5.41) is 17.1. The first kappa shape index (κ1) is 14.7. The topological polar surface area (TPSA) is 140 Å². The zero-order valence-corrected chi connectivity index (χ0v) is 11.8. The van der Waals surface area contributed by atoms with Crippen LogP contribution in [-0.4, -0.2) is 30.5 Å². The number of sulfonamides is 1. The van der Waals surface area contributed by atoms with E-state index in [1.807, 2.05) is 4.72 Å². The van der Waals surface area contributed by atoms with E-state index in [1.54, 1.807) is 0 Å². The number of nitro benzene ring substituents is 1. The minimum Gasteiger partial charge on any atom is -0.383 e. The van der Waals surface area contributed by atoms with Gasteiger partial charge in [0.05, 0.1) is 4.92 Å². The van der Waals surface area contributed by atoms with Crippen molar-refractivity contribution in [3.63, 3.8) is 0 Å². The smallest absolute Gasteiger partial charge is 0.335 e. The number of hydrogen-bond acceptors (Lipinski definition) is 8. The van der Waals surface area contributed by atoms with E-state index in [2.05, 4.69) is 20.0 Å². The first-order valence-corrected chi connectivity index (χ1v) is 7.12. The van der Waals surface area contributed by atoms with E-state index in [0.29, 0.717) is 0 Å². The van der Waals surface area contributed by atoms with E-state index in [4.69, 9.17) is 0 Å². The Bertz CT molecular complexity index is 785.